The van der Waals surface area contributed by atoms with Gasteiger partial charge in [-0.2, -0.15) is 0 Å². The molecule has 1 saturated carbocycles. The van der Waals surface area contributed by atoms with E-state index in [1.54, 1.807) is 16.9 Å². The zero-order chi connectivity index (χ0) is 17.7. The Balaban J connectivity index is 1.59. The number of fused-ring (bicyclic) bond motifs is 1. The van der Waals surface area contributed by atoms with E-state index in [0.29, 0.717) is 19.5 Å². The lowest BCUT2D eigenvalue weighted by molar-refractivity contribution is -0.124. The van der Waals surface area contributed by atoms with Crippen LogP contribution in [0.5, 0.6) is 0 Å². The molecule has 1 aromatic rings. The van der Waals surface area contributed by atoms with Gasteiger partial charge in [0, 0.05) is 31.2 Å². The summed E-state index contributed by atoms with van der Waals surface area (Å²) in [6, 6.07) is 7.98. The van der Waals surface area contributed by atoms with Crippen molar-refractivity contribution in [1.82, 2.24) is 4.90 Å². The number of urea groups is 1. The summed E-state index contributed by atoms with van der Waals surface area (Å²) in [5.41, 5.74) is 6.84. The average molecular weight is 342 g/mol. The van der Waals surface area contributed by atoms with Crippen LogP contribution in [0.15, 0.2) is 24.3 Å². The molecule has 6 nitrogen and oxygen atoms in total. The van der Waals surface area contributed by atoms with Gasteiger partial charge in [0.25, 0.3) is 0 Å². The molecule has 3 amide bonds. The van der Waals surface area contributed by atoms with Crippen molar-refractivity contribution in [3.63, 3.8) is 0 Å². The topological polar surface area (TPSA) is 75.9 Å². The summed E-state index contributed by atoms with van der Waals surface area (Å²) < 4.78 is 5.41. The third-order valence-electron chi connectivity index (χ3n) is 6.13. The number of carbonyl (C=O) groups is 2. The van der Waals surface area contributed by atoms with Crippen molar-refractivity contribution in [2.75, 3.05) is 31.7 Å². The SMILES string of the molecule is COCC1(c2ccc(N3C[C@@]4(C(N)=O)[CH]CCN4C3=O)cc2)CCC1. The van der Waals surface area contributed by atoms with Gasteiger partial charge in [0.2, 0.25) is 5.91 Å². The summed E-state index contributed by atoms with van der Waals surface area (Å²) in [6.07, 6.45) is 6.08. The first-order valence-corrected chi connectivity index (χ1v) is 8.85. The smallest absolute Gasteiger partial charge is 0.325 e. The summed E-state index contributed by atoms with van der Waals surface area (Å²) in [7, 11) is 1.74. The zero-order valence-electron chi connectivity index (χ0n) is 14.5. The number of nitrogens with zero attached hydrogens (tertiary/aromatic N) is 2. The first-order valence-electron chi connectivity index (χ1n) is 8.85. The Bertz CT molecular complexity index is 698. The van der Waals surface area contributed by atoms with Gasteiger partial charge in [0.05, 0.1) is 13.2 Å². The van der Waals surface area contributed by atoms with Gasteiger partial charge >= 0.3 is 6.03 Å². The van der Waals surface area contributed by atoms with Crippen LogP contribution in [0.4, 0.5) is 10.5 Å². The number of nitrogens with two attached hydrogens (primary N) is 1. The molecule has 133 valence electrons. The minimum atomic E-state index is -0.957. The molecule has 6 heteroatoms. The van der Waals surface area contributed by atoms with Crippen LogP contribution in [0.2, 0.25) is 0 Å². The highest BCUT2D eigenvalue weighted by Gasteiger charge is 2.56. The Morgan fingerprint density at radius 3 is 2.52 bits per heavy atom. The van der Waals surface area contributed by atoms with E-state index in [1.165, 1.54) is 12.0 Å². The Labute approximate surface area is 147 Å². The first kappa shape index (κ1) is 16.4. The molecule has 0 bridgehead atoms. The van der Waals surface area contributed by atoms with Gasteiger partial charge in [0.1, 0.15) is 5.54 Å². The fraction of sp³-hybridized carbons (Fsp3) is 0.526. The van der Waals surface area contributed by atoms with Crippen LogP contribution in [-0.2, 0) is 14.9 Å². The molecule has 0 aromatic heterocycles. The lowest BCUT2D eigenvalue weighted by Gasteiger charge is -2.42. The molecule has 3 fully saturated rings. The number of methoxy groups -OCH3 is 1. The Morgan fingerprint density at radius 2 is 2.00 bits per heavy atom. The average Bonchev–Trinajstić information content (AvgIpc) is 3.11. The quantitative estimate of drug-likeness (QED) is 0.887. The Morgan fingerprint density at radius 1 is 1.28 bits per heavy atom. The maximum atomic E-state index is 12.8. The number of hydrogen-bond donors (Lipinski definition) is 1. The minimum absolute atomic E-state index is 0.116. The van der Waals surface area contributed by atoms with E-state index in [-0.39, 0.29) is 11.4 Å². The van der Waals surface area contributed by atoms with E-state index in [9.17, 15) is 9.59 Å². The summed E-state index contributed by atoms with van der Waals surface area (Å²) in [6.45, 7) is 1.57. The number of benzene rings is 1. The van der Waals surface area contributed by atoms with Crippen LogP contribution >= 0.6 is 0 Å². The molecular formula is C19H24N3O3. The predicted octanol–water partition coefficient (Wildman–Crippen LogP) is 1.83. The van der Waals surface area contributed by atoms with Crippen molar-refractivity contribution >= 4 is 17.6 Å². The molecule has 1 radical (unpaired) electrons. The zero-order valence-corrected chi connectivity index (χ0v) is 14.5. The molecule has 1 aliphatic carbocycles. The monoisotopic (exact) mass is 342 g/mol. The molecule has 0 unspecified atom stereocenters. The van der Waals surface area contributed by atoms with E-state index in [1.807, 2.05) is 18.6 Å². The van der Waals surface area contributed by atoms with E-state index < -0.39 is 11.4 Å². The fourth-order valence-corrected chi connectivity index (χ4v) is 4.52. The normalized spacial score (nSPS) is 27.3. The number of amides is 3. The third-order valence-corrected chi connectivity index (χ3v) is 6.13. The van der Waals surface area contributed by atoms with E-state index >= 15 is 0 Å². The molecular weight excluding hydrogens is 318 g/mol. The molecule has 2 heterocycles. The van der Waals surface area contributed by atoms with Gasteiger partial charge in [-0.25, -0.2) is 4.79 Å². The molecule has 25 heavy (non-hydrogen) atoms. The Hall–Kier alpha value is -2.08. The second-order valence-corrected chi connectivity index (χ2v) is 7.42. The molecule has 2 aliphatic heterocycles. The Kier molecular flexibility index (Phi) is 3.76. The van der Waals surface area contributed by atoms with E-state index in [0.717, 1.165) is 25.1 Å². The van der Waals surface area contributed by atoms with Gasteiger partial charge in [0.15, 0.2) is 0 Å². The lowest BCUT2D eigenvalue weighted by Crippen LogP contribution is -2.53. The molecule has 2 N–H and O–H groups in total. The largest absolute Gasteiger partial charge is 0.384 e. The van der Waals surface area contributed by atoms with Crippen LogP contribution in [0.25, 0.3) is 0 Å². The van der Waals surface area contributed by atoms with Crippen LogP contribution in [0.1, 0.15) is 31.2 Å². The van der Waals surface area contributed by atoms with Crippen molar-refractivity contribution in [1.29, 1.82) is 0 Å². The number of carbonyl (C=O) groups excluding carboxylic acids is 2. The van der Waals surface area contributed by atoms with Crippen LogP contribution in [0, 0.1) is 6.42 Å². The molecule has 1 aromatic carbocycles. The van der Waals surface area contributed by atoms with Crippen LogP contribution in [-0.4, -0.2) is 49.2 Å². The highest BCUT2D eigenvalue weighted by atomic mass is 16.5. The number of rotatable bonds is 5. The van der Waals surface area contributed by atoms with Gasteiger partial charge in [-0.15, -0.1) is 0 Å². The fourth-order valence-electron chi connectivity index (χ4n) is 4.52. The maximum Gasteiger partial charge on any atom is 0.325 e. The summed E-state index contributed by atoms with van der Waals surface area (Å²) in [5, 5.41) is 0. The van der Waals surface area contributed by atoms with Crippen molar-refractivity contribution in [3.05, 3.63) is 36.2 Å². The van der Waals surface area contributed by atoms with Gasteiger partial charge in [-0.3, -0.25) is 9.69 Å². The van der Waals surface area contributed by atoms with Crippen molar-refractivity contribution in [2.45, 2.75) is 36.6 Å². The second kappa shape index (κ2) is 5.73. The summed E-state index contributed by atoms with van der Waals surface area (Å²) in [5.74, 6) is -0.453. The van der Waals surface area contributed by atoms with Gasteiger partial charge in [-0.05, 0) is 37.0 Å². The van der Waals surface area contributed by atoms with E-state index in [2.05, 4.69) is 12.1 Å². The van der Waals surface area contributed by atoms with Gasteiger partial charge in [-0.1, -0.05) is 18.6 Å². The molecule has 3 aliphatic rings. The van der Waals surface area contributed by atoms with Crippen LogP contribution in [0.3, 0.4) is 0 Å². The van der Waals surface area contributed by atoms with E-state index in [4.69, 9.17) is 10.5 Å². The number of hydrogen-bond acceptors (Lipinski definition) is 3. The maximum absolute atomic E-state index is 12.8. The predicted molar refractivity (Wildman–Crippen MR) is 94.1 cm³/mol. The molecule has 0 spiro atoms. The molecule has 2 saturated heterocycles. The first-order chi connectivity index (χ1) is 12.0. The highest BCUT2D eigenvalue weighted by molar-refractivity contribution is 6.04. The second-order valence-electron chi connectivity index (χ2n) is 7.42. The van der Waals surface area contributed by atoms with Crippen molar-refractivity contribution < 1.29 is 14.3 Å². The highest BCUT2D eigenvalue weighted by Crippen LogP contribution is 2.45. The molecule has 4 rings (SSSR count). The number of primary amides is 1. The third kappa shape index (κ3) is 2.27. The number of ether oxygens (including phenoxy) is 1. The molecule has 1 atom stereocenters. The standard InChI is InChI=1S/C19H24N3O3/c1-25-13-18(8-2-9-18)14-4-6-15(7-5-14)21-12-19(16(20)23)10-3-11-22(19)17(21)24/h4-7,10H,2-3,8-9,11-13H2,1H3,(H2,20,23)/t19-/m1/s1. The van der Waals surface area contributed by atoms with Crippen LogP contribution < -0.4 is 10.6 Å². The summed E-state index contributed by atoms with van der Waals surface area (Å²) in [4.78, 5) is 28.0. The summed E-state index contributed by atoms with van der Waals surface area (Å²) >= 11 is 0. The number of anilines is 1. The van der Waals surface area contributed by atoms with Gasteiger partial charge < -0.3 is 15.4 Å². The van der Waals surface area contributed by atoms with Crippen molar-refractivity contribution in [3.8, 4) is 0 Å². The van der Waals surface area contributed by atoms with Crippen molar-refractivity contribution in [2.24, 2.45) is 5.73 Å². The lowest BCUT2D eigenvalue weighted by atomic mass is 9.65. The minimum Gasteiger partial charge on any atom is -0.384 e.